The Bertz CT molecular complexity index is 1410. The molecule has 3 aromatic carbocycles. The molecule has 3 rings (SSSR count). The number of carbonyl (C=O) groups excluding carboxylic acids is 2. The van der Waals surface area contributed by atoms with Crippen molar-refractivity contribution in [2.24, 2.45) is 0 Å². The molecule has 0 aliphatic rings. The minimum Gasteiger partial charge on any atom is -0.497 e. The summed E-state index contributed by atoms with van der Waals surface area (Å²) in [5, 5.41) is 2.80. The molecule has 0 saturated carbocycles. The second-order valence-corrected chi connectivity index (χ2v) is 11.1. The fraction of sp³-hybridized carbons (Fsp3) is 0.333. The minimum absolute atomic E-state index is 0.0204. The van der Waals surface area contributed by atoms with Gasteiger partial charge in [-0.25, -0.2) is 8.42 Å². The van der Waals surface area contributed by atoms with Crippen molar-refractivity contribution in [1.29, 1.82) is 0 Å². The standard InChI is InChI=1S/C30H37N3O6S/c1-6-26(30(35)31-7-2)32(20-23-12-10-11-22(3)19-23)29(34)21-33(27-13-8-9-14-28(27)39-5)40(36,37)25-17-15-24(38-4)16-18-25/h8-19,26H,6-7,20-21H2,1-5H3,(H,31,35). The van der Waals surface area contributed by atoms with E-state index in [-0.39, 0.29) is 28.8 Å². The highest BCUT2D eigenvalue weighted by Gasteiger charge is 2.34. The highest BCUT2D eigenvalue weighted by atomic mass is 32.2. The molecule has 0 aliphatic heterocycles. The van der Waals surface area contributed by atoms with Crippen LogP contribution in [0, 0.1) is 6.92 Å². The van der Waals surface area contributed by atoms with Crippen molar-refractivity contribution in [3.8, 4) is 11.5 Å². The monoisotopic (exact) mass is 567 g/mol. The molecule has 0 spiro atoms. The molecule has 0 aliphatic carbocycles. The number of carbonyl (C=O) groups is 2. The number of aryl methyl sites for hydroxylation is 1. The Morgan fingerprint density at radius 1 is 0.925 bits per heavy atom. The molecule has 0 saturated heterocycles. The Labute approximate surface area is 236 Å². The second kappa shape index (κ2) is 13.8. The summed E-state index contributed by atoms with van der Waals surface area (Å²) in [5.74, 6) is -0.0419. The molecule has 9 nitrogen and oxygen atoms in total. The molecule has 2 amide bonds. The molecule has 0 heterocycles. The first-order valence-corrected chi connectivity index (χ1v) is 14.5. The maximum absolute atomic E-state index is 14.1. The maximum atomic E-state index is 14.1. The Kier molecular flexibility index (Phi) is 10.6. The van der Waals surface area contributed by atoms with E-state index in [0.717, 1.165) is 15.4 Å². The van der Waals surface area contributed by atoms with Gasteiger partial charge in [-0.1, -0.05) is 48.9 Å². The van der Waals surface area contributed by atoms with Gasteiger partial charge in [0.05, 0.1) is 24.8 Å². The summed E-state index contributed by atoms with van der Waals surface area (Å²) in [6, 6.07) is 19.4. The number of anilines is 1. The average molecular weight is 568 g/mol. The topological polar surface area (TPSA) is 105 Å². The van der Waals surface area contributed by atoms with Crippen LogP contribution in [0.4, 0.5) is 5.69 Å². The van der Waals surface area contributed by atoms with E-state index in [0.29, 0.717) is 18.7 Å². The molecule has 10 heteroatoms. The van der Waals surface area contributed by atoms with E-state index in [1.165, 1.54) is 31.3 Å². The Morgan fingerprint density at radius 2 is 1.62 bits per heavy atom. The van der Waals surface area contributed by atoms with Gasteiger partial charge < -0.3 is 19.7 Å². The number of rotatable bonds is 13. The van der Waals surface area contributed by atoms with E-state index in [1.807, 2.05) is 45.0 Å². The van der Waals surface area contributed by atoms with Gasteiger partial charge >= 0.3 is 0 Å². The lowest BCUT2D eigenvalue weighted by molar-refractivity contribution is -0.140. The molecule has 1 atom stereocenters. The van der Waals surface area contributed by atoms with Gasteiger partial charge in [0.25, 0.3) is 10.0 Å². The number of hydrogen-bond acceptors (Lipinski definition) is 6. The SMILES string of the molecule is CCNC(=O)C(CC)N(Cc1cccc(C)c1)C(=O)CN(c1ccccc1OC)S(=O)(=O)c1ccc(OC)cc1. The number of para-hydroxylation sites is 2. The van der Waals surface area contributed by atoms with Crippen LogP contribution in [-0.2, 0) is 26.2 Å². The van der Waals surface area contributed by atoms with Crippen molar-refractivity contribution < 1.29 is 27.5 Å². The third-order valence-corrected chi connectivity index (χ3v) is 8.23. The van der Waals surface area contributed by atoms with Gasteiger partial charge in [-0.15, -0.1) is 0 Å². The van der Waals surface area contributed by atoms with E-state index in [1.54, 1.807) is 36.4 Å². The van der Waals surface area contributed by atoms with Crippen molar-refractivity contribution in [2.75, 3.05) is 31.6 Å². The van der Waals surface area contributed by atoms with Crippen LogP contribution in [-0.4, -0.2) is 58.5 Å². The van der Waals surface area contributed by atoms with Crippen molar-refractivity contribution in [1.82, 2.24) is 10.2 Å². The largest absolute Gasteiger partial charge is 0.497 e. The normalized spacial score (nSPS) is 11.8. The lowest BCUT2D eigenvalue weighted by atomic mass is 10.1. The molecule has 40 heavy (non-hydrogen) atoms. The van der Waals surface area contributed by atoms with Gasteiger partial charge in [0.15, 0.2) is 0 Å². The van der Waals surface area contributed by atoms with E-state index < -0.39 is 28.5 Å². The predicted octanol–water partition coefficient (Wildman–Crippen LogP) is 4.15. The summed E-state index contributed by atoms with van der Waals surface area (Å²) in [6.07, 6.45) is 0.350. The van der Waals surface area contributed by atoms with E-state index >= 15 is 0 Å². The van der Waals surface area contributed by atoms with Crippen LogP contribution in [0.15, 0.2) is 77.7 Å². The lowest BCUT2D eigenvalue weighted by Gasteiger charge is -2.33. The first-order chi connectivity index (χ1) is 19.2. The first kappa shape index (κ1) is 30.5. The third kappa shape index (κ3) is 7.12. The zero-order valence-corrected chi connectivity index (χ0v) is 24.4. The molecule has 3 aromatic rings. The molecular formula is C30H37N3O6S. The van der Waals surface area contributed by atoms with Gasteiger partial charge in [0.2, 0.25) is 11.8 Å². The number of benzene rings is 3. The van der Waals surface area contributed by atoms with Crippen LogP contribution in [0.1, 0.15) is 31.4 Å². The molecule has 1 unspecified atom stereocenters. The Morgan fingerprint density at radius 3 is 2.23 bits per heavy atom. The Hall–Kier alpha value is -4.05. The van der Waals surface area contributed by atoms with Gasteiger partial charge in [0.1, 0.15) is 24.1 Å². The number of likely N-dealkylation sites (N-methyl/N-ethyl adjacent to an activating group) is 1. The van der Waals surface area contributed by atoms with Crippen LogP contribution in [0.5, 0.6) is 11.5 Å². The van der Waals surface area contributed by atoms with Gasteiger partial charge in [0, 0.05) is 13.1 Å². The Balaban J connectivity index is 2.10. The molecule has 214 valence electrons. The zero-order chi connectivity index (χ0) is 29.3. The second-order valence-electron chi connectivity index (χ2n) is 9.19. The number of amides is 2. The quantitative estimate of drug-likeness (QED) is 0.333. The van der Waals surface area contributed by atoms with Crippen LogP contribution in [0.25, 0.3) is 0 Å². The fourth-order valence-corrected chi connectivity index (χ4v) is 5.87. The minimum atomic E-state index is -4.23. The lowest BCUT2D eigenvalue weighted by Crippen LogP contribution is -2.52. The highest BCUT2D eigenvalue weighted by Crippen LogP contribution is 2.33. The van der Waals surface area contributed by atoms with Crippen LogP contribution < -0.4 is 19.1 Å². The predicted molar refractivity (Wildman–Crippen MR) is 155 cm³/mol. The number of methoxy groups -OCH3 is 2. The molecular weight excluding hydrogens is 530 g/mol. The van der Waals surface area contributed by atoms with E-state index in [9.17, 15) is 18.0 Å². The first-order valence-electron chi connectivity index (χ1n) is 13.1. The fourth-order valence-electron chi connectivity index (χ4n) is 4.44. The van der Waals surface area contributed by atoms with Crippen molar-refractivity contribution >= 4 is 27.5 Å². The van der Waals surface area contributed by atoms with E-state index in [2.05, 4.69) is 5.32 Å². The highest BCUT2D eigenvalue weighted by molar-refractivity contribution is 7.92. The third-order valence-electron chi connectivity index (χ3n) is 6.45. The van der Waals surface area contributed by atoms with Gasteiger partial charge in [-0.3, -0.25) is 13.9 Å². The number of nitrogens with one attached hydrogen (secondary N) is 1. The zero-order valence-electron chi connectivity index (χ0n) is 23.6. The smallest absolute Gasteiger partial charge is 0.264 e. The molecule has 0 aromatic heterocycles. The van der Waals surface area contributed by atoms with Crippen LogP contribution in [0.3, 0.4) is 0 Å². The summed E-state index contributed by atoms with van der Waals surface area (Å²) in [4.78, 5) is 28.6. The number of nitrogens with zero attached hydrogens (tertiary/aromatic N) is 2. The molecule has 0 fully saturated rings. The van der Waals surface area contributed by atoms with E-state index in [4.69, 9.17) is 9.47 Å². The number of ether oxygens (including phenoxy) is 2. The van der Waals surface area contributed by atoms with Crippen molar-refractivity contribution in [3.63, 3.8) is 0 Å². The molecule has 1 N–H and O–H groups in total. The summed E-state index contributed by atoms with van der Waals surface area (Å²) < 4.78 is 39.7. The molecule has 0 bridgehead atoms. The summed E-state index contributed by atoms with van der Waals surface area (Å²) in [7, 11) is -1.31. The number of sulfonamides is 1. The van der Waals surface area contributed by atoms with Crippen molar-refractivity contribution in [3.05, 3.63) is 83.9 Å². The summed E-state index contributed by atoms with van der Waals surface area (Å²) >= 11 is 0. The summed E-state index contributed by atoms with van der Waals surface area (Å²) in [6.45, 7) is 5.57. The van der Waals surface area contributed by atoms with Crippen molar-refractivity contribution in [2.45, 2.75) is 44.7 Å². The molecule has 0 radical (unpaired) electrons. The van der Waals surface area contributed by atoms with Crippen LogP contribution >= 0.6 is 0 Å². The average Bonchev–Trinajstić information content (AvgIpc) is 2.95. The van der Waals surface area contributed by atoms with Crippen LogP contribution in [0.2, 0.25) is 0 Å². The van der Waals surface area contributed by atoms with Gasteiger partial charge in [-0.2, -0.15) is 0 Å². The van der Waals surface area contributed by atoms with Gasteiger partial charge in [-0.05, 0) is 62.2 Å². The number of hydrogen-bond donors (Lipinski definition) is 1. The maximum Gasteiger partial charge on any atom is 0.264 e. The summed E-state index contributed by atoms with van der Waals surface area (Å²) in [5.41, 5.74) is 2.04.